The highest BCUT2D eigenvalue weighted by Crippen LogP contribution is 2.23. The van der Waals surface area contributed by atoms with Crippen LogP contribution in [0.1, 0.15) is 23.7 Å². The molecule has 0 saturated carbocycles. The van der Waals surface area contributed by atoms with E-state index in [1.54, 1.807) is 37.3 Å². The van der Waals surface area contributed by atoms with Gasteiger partial charge in [0.05, 0.1) is 14.2 Å². The molecule has 5 heteroatoms. The molecule has 0 radical (unpaired) electrons. The van der Waals surface area contributed by atoms with Crippen LogP contribution in [-0.2, 0) is 0 Å². The van der Waals surface area contributed by atoms with Crippen LogP contribution in [0.25, 0.3) is 0 Å². The second kappa shape index (κ2) is 7.63. The molecule has 1 aromatic rings. The molecule has 0 aliphatic rings. The van der Waals surface area contributed by atoms with Gasteiger partial charge in [0.2, 0.25) is 0 Å². The minimum absolute atomic E-state index is 0.0514. The van der Waals surface area contributed by atoms with E-state index >= 15 is 0 Å². The van der Waals surface area contributed by atoms with E-state index in [1.807, 2.05) is 6.92 Å². The van der Waals surface area contributed by atoms with Crippen molar-refractivity contribution in [3.8, 4) is 11.5 Å². The third-order valence-electron chi connectivity index (χ3n) is 2.78. The maximum Gasteiger partial charge on any atom is 0.254 e. The average Bonchev–Trinajstić information content (AvgIpc) is 2.45. The molecule has 0 heterocycles. The molecule has 0 fully saturated rings. The van der Waals surface area contributed by atoms with E-state index in [1.165, 1.54) is 0 Å². The van der Waals surface area contributed by atoms with Crippen LogP contribution in [0.15, 0.2) is 18.2 Å². The lowest BCUT2D eigenvalue weighted by molar-refractivity contribution is 0.0759. The first-order valence-corrected chi connectivity index (χ1v) is 6.38. The van der Waals surface area contributed by atoms with Crippen molar-refractivity contribution < 1.29 is 14.3 Å². The predicted molar refractivity (Wildman–Crippen MR) is 74.8 cm³/mol. The Bertz CT molecular complexity index is 393. The first-order valence-electron chi connectivity index (χ1n) is 6.38. The van der Waals surface area contributed by atoms with Crippen LogP contribution in [0.5, 0.6) is 11.5 Å². The molecule has 2 N–H and O–H groups in total. The number of hydrogen-bond acceptors (Lipinski definition) is 4. The summed E-state index contributed by atoms with van der Waals surface area (Å²) in [5, 5.41) is 0. The standard InChI is InChI=1S/C14H22N2O3/c1-4-6-16(7-5-15)14(17)11-8-12(18-2)10-13(9-11)19-3/h8-10H,4-7,15H2,1-3H3. The number of nitrogens with zero attached hydrogens (tertiary/aromatic N) is 1. The average molecular weight is 266 g/mol. The van der Waals surface area contributed by atoms with E-state index in [9.17, 15) is 4.79 Å². The van der Waals surface area contributed by atoms with Crippen molar-refractivity contribution in [2.75, 3.05) is 33.9 Å². The highest BCUT2D eigenvalue weighted by atomic mass is 16.5. The lowest BCUT2D eigenvalue weighted by Crippen LogP contribution is -2.35. The Morgan fingerprint density at radius 2 is 1.74 bits per heavy atom. The lowest BCUT2D eigenvalue weighted by Gasteiger charge is -2.21. The van der Waals surface area contributed by atoms with Crippen molar-refractivity contribution in [1.82, 2.24) is 4.90 Å². The Balaban J connectivity index is 3.01. The minimum atomic E-state index is -0.0514. The van der Waals surface area contributed by atoms with Gasteiger partial charge in [-0.05, 0) is 18.6 Å². The van der Waals surface area contributed by atoms with Gasteiger partial charge in [-0.1, -0.05) is 6.92 Å². The van der Waals surface area contributed by atoms with E-state index in [0.29, 0.717) is 36.7 Å². The van der Waals surface area contributed by atoms with E-state index in [-0.39, 0.29) is 5.91 Å². The topological polar surface area (TPSA) is 64.8 Å². The summed E-state index contributed by atoms with van der Waals surface area (Å²) in [7, 11) is 3.12. The summed E-state index contributed by atoms with van der Waals surface area (Å²) in [5.41, 5.74) is 6.10. The molecule has 1 rings (SSSR count). The van der Waals surface area contributed by atoms with Gasteiger partial charge in [-0.25, -0.2) is 0 Å². The maximum absolute atomic E-state index is 12.4. The van der Waals surface area contributed by atoms with Gasteiger partial charge >= 0.3 is 0 Å². The summed E-state index contributed by atoms with van der Waals surface area (Å²) < 4.78 is 10.3. The molecule has 0 aliphatic carbocycles. The number of ether oxygens (including phenoxy) is 2. The Hall–Kier alpha value is -1.75. The molecule has 0 atom stereocenters. The molecule has 0 aromatic heterocycles. The van der Waals surface area contributed by atoms with Gasteiger partial charge in [0.25, 0.3) is 5.91 Å². The molecule has 106 valence electrons. The van der Waals surface area contributed by atoms with Crippen LogP contribution in [0.3, 0.4) is 0 Å². The zero-order valence-electron chi connectivity index (χ0n) is 11.8. The number of amides is 1. The van der Waals surface area contributed by atoms with Crippen LogP contribution < -0.4 is 15.2 Å². The van der Waals surface area contributed by atoms with Gasteiger partial charge in [0.1, 0.15) is 11.5 Å². The monoisotopic (exact) mass is 266 g/mol. The Morgan fingerprint density at radius 3 is 2.16 bits per heavy atom. The fourth-order valence-electron chi connectivity index (χ4n) is 1.85. The minimum Gasteiger partial charge on any atom is -0.497 e. The van der Waals surface area contributed by atoms with Crippen molar-refractivity contribution in [3.05, 3.63) is 23.8 Å². The molecule has 0 bridgehead atoms. The molecule has 19 heavy (non-hydrogen) atoms. The second-order valence-corrected chi connectivity index (χ2v) is 4.18. The van der Waals surface area contributed by atoms with Crippen molar-refractivity contribution >= 4 is 5.91 Å². The van der Waals surface area contributed by atoms with E-state index in [2.05, 4.69) is 0 Å². The van der Waals surface area contributed by atoms with Gasteiger partial charge in [0, 0.05) is 31.3 Å². The highest BCUT2D eigenvalue weighted by Gasteiger charge is 2.16. The summed E-state index contributed by atoms with van der Waals surface area (Å²) in [5.74, 6) is 1.16. The Kier molecular flexibility index (Phi) is 6.15. The SMILES string of the molecule is CCCN(CCN)C(=O)c1cc(OC)cc(OC)c1. The lowest BCUT2D eigenvalue weighted by atomic mass is 10.1. The van der Waals surface area contributed by atoms with E-state index in [4.69, 9.17) is 15.2 Å². The molecule has 0 unspecified atom stereocenters. The van der Waals surface area contributed by atoms with Crippen molar-refractivity contribution in [2.45, 2.75) is 13.3 Å². The summed E-state index contributed by atoms with van der Waals surface area (Å²) in [6, 6.07) is 5.16. The zero-order valence-corrected chi connectivity index (χ0v) is 11.8. The number of carbonyl (C=O) groups is 1. The van der Waals surface area contributed by atoms with Gasteiger partial charge in [-0.2, -0.15) is 0 Å². The fraction of sp³-hybridized carbons (Fsp3) is 0.500. The molecular formula is C14H22N2O3. The zero-order chi connectivity index (χ0) is 14.3. The van der Waals surface area contributed by atoms with Crippen LogP contribution in [0.4, 0.5) is 0 Å². The van der Waals surface area contributed by atoms with Crippen molar-refractivity contribution in [1.29, 1.82) is 0 Å². The van der Waals surface area contributed by atoms with Gasteiger partial charge in [0.15, 0.2) is 0 Å². The number of rotatable bonds is 7. The number of benzene rings is 1. The maximum atomic E-state index is 12.4. The highest BCUT2D eigenvalue weighted by molar-refractivity contribution is 5.95. The molecule has 0 aliphatic heterocycles. The number of methoxy groups -OCH3 is 2. The number of nitrogens with two attached hydrogens (primary N) is 1. The molecule has 0 spiro atoms. The summed E-state index contributed by atoms with van der Waals surface area (Å²) in [6.45, 7) is 3.72. The third kappa shape index (κ3) is 4.13. The second-order valence-electron chi connectivity index (χ2n) is 4.18. The Labute approximate surface area is 114 Å². The quantitative estimate of drug-likeness (QED) is 0.812. The van der Waals surface area contributed by atoms with E-state index in [0.717, 1.165) is 6.42 Å². The van der Waals surface area contributed by atoms with Gasteiger partial charge in [-0.15, -0.1) is 0 Å². The van der Waals surface area contributed by atoms with Crippen LogP contribution in [-0.4, -0.2) is 44.7 Å². The predicted octanol–water partition coefficient (Wildman–Crippen LogP) is 1.51. The number of hydrogen-bond donors (Lipinski definition) is 1. The van der Waals surface area contributed by atoms with Crippen LogP contribution >= 0.6 is 0 Å². The summed E-state index contributed by atoms with van der Waals surface area (Å²) in [6.07, 6.45) is 0.896. The molecule has 5 nitrogen and oxygen atoms in total. The molecule has 0 saturated heterocycles. The largest absolute Gasteiger partial charge is 0.497 e. The van der Waals surface area contributed by atoms with Gasteiger partial charge in [-0.3, -0.25) is 4.79 Å². The first-order chi connectivity index (χ1) is 9.15. The first kappa shape index (κ1) is 15.3. The van der Waals surface area contributed by atoms with Crippen molar-refractivity contribution in [3.63, 3.8) is 0 Å². The normalized spacial score (nSPS) is 10.1. The van der Waals surface area contributed by atoms with Gasteiger partial charge < -0.3 is 20.1 Å². The van der Waals surface area contributed by atoms with Crippen LogP contribution in [0.2, 0.25) is 0 Å². The van der Waals surface area contributed by atoms with E-state index < -0.39 is 0 Å². The van der Waals surface area contributed by atoms with Crippen molar-refractivity contribution in [2.24, 2.45) is 5.73 Å². The molecule has 1 amide bonds. The summed E-state index contributed by atoms with van der Waals surface area (Å²) >= 11 is 0. The molecular weight excluding hydrogens is 244 g/mol. The third-order valence-corrected chi connectivity index (χ3v) is 2.78. The fourth-order valence-corrected chi connectivity index (χ4v) is 1.85. The Morgan fingerprint density at radius 1 is 1.16 bits per heavy atom. The summed E-state index contributed by atoms with van der Waals surface area (Å²) in [4.78, 5) is 14.2. The van der Waals surface area contributed by atoms with Crippen LogP contribution in [0, 0.1) is 0 Å². The molecule has 1 aromatic carbocycles. The number of carbonyl (C=O) groups excluding carboxylic acids is 1. The smallest absolute Gasteiger partial charge is 0.254 e.